The van der Waals surface area contributed by atoms with Crippen molar-refractivity contribution in [1.29, 1.82) is 0 Å². The molecule has 9 aromatic carbocycles. The summed E-state index contributed by atoms with van der Waals surface area (Å²) in [6.07, 6.45) is 2.49. The molecule has 0 fully saturated rings. The average Bonchev–Trinajstić information content (AvgIpc) is 3.99. The molecule has 68 heavy (non-hydrogen) atoms. The summed E-state index contributed by atoms with van der Waals surface area (Å²) in [5.74, 6) is 0. The molecule has 0 spiro atoms. The number of benzene rings is 9. The van der Waals surface area contributed by atoms with E-state index in [-0.39, 0.29) is 0 Å². The van der Waals surface area contributed by atoms with Crippen molar-refractivity contribution in [3.05, 3.63) is 331 Å². The molecule has 328 valence electrons. The highest BCUT2D eigenvalue weighted by atomic mass is 15.1. The Kier molecular flexibility index (Phi) is 12.4. The van der Waals surface area contributed by atoms with E-state index in [1.54, 1.807) is 0 Å². The van der Waals surface area contributed by atoms with Crippen LogP contribution in [0.5, 0.6) is 0 Å². The van der Waals surface area contributed by atoms with E-state index in [0.29, 0.717) is 0 Å². The van der Waals surface area contributed by atoms with Crippen molar-refractivity contribution in [2.45, 2.75) is 10.6 Å². The molecule has 2 nitrogen and oxygen atoms in total. The minimum atomic E-state index is -2.02. The fourth-order valence-corrected chi connectivity index (χ4v) is 12.4. The molecule has 0 amide bonds. The average molecular weight is 875 g/mol. The highest BCUT2D eigenvalue weighted by Crippen LogP contribution is 2.78. The van der Waals surface area contributed by atoms with Crippen LogP contribution in [0.15, 0.2) is 298 Å². The molecule has 0 atom stereocenters. The van der Waals surface area contributed by atoms with E-state index in [0.717, 1.165) is 0 Å². The second-order valence-electron chi connectivity index (χ2n) is 17.8. The molecule has 3 heterocycles. The van der Waals surface area contributed by atoms with Gasteiger partial charge in [-0.2, -0.15) is 5.46 Å². The summed E-state index contributed by atoms with van der Waals surface area (Å²) in [5, 5.41) is -1.47. The summed E-state index contributed by atoms with van der Waals surface area (Å²) >= 11 is 0. The van der Waals surface area contributed by atoms with Crippen molar-refractivity contribution in [1.82, 2.24) is 4.57 Å². The van der Waals surface area contributed by atoms with Crippen LogP contribution in [0.25, 0.3) is 22.3 Å². The lowest BCUT2D eigenvalue weighted by atomic mass is 9.03. The van der Waals surface area contributed by atoms with E-state index in [4.69, 9.17) is 0 Å². The quantitative estimate of drug-likeness (QED) is 0.106. The molecule has 0 N–H and O–H groups in total. The molecule has 2 aliphatic rings. The Morgan fingerprint density at radius 3 is 0.809 bits per heavy atom. The standard InChI is InChI=1S/C53H43BN2.2C6H6/c1-55-38-39-56(2)51(55)54(46-36-22-9-23-37-46)52(44-32-18-7-19-33-44)47(40-24-10-3-11-25-40)48(41-26-12-4-13-27-41)53(54,45-34-20-8-21-35-45)50(43-30-16-6-17-31-43)49(52)42-28-14-5-15-29-42;2*1-2-4-6-5-3-1/h3-39H,1-2H3;2*1-6H. The molecule has 0 saturated carbocycles. The van der Waals surface area contributed by atoms with Gasteiger partial charge < -0.3 is 0 Å². The highest BCUT2D eigenvalue weighted by molar-refractivity contribution is 7.13. The Morgan fingerprint density at radius 2 is 0.559 bits per heavy atom. The zero-order valence-electron chi connectivity index (χ0n) is 38.8. The van der Waals surface area contributed by atoms with Crippen LogP contribution in [0.2, 0.25) is 0 Å². The molecule has 12 rings (SSSR count). The van der Waals surface area contributed by atoms with E-state index in [1.165, 1.54) is 66.9 Å². The summed E-state index contributed by atoms with van der Waals surface area (Å²) in [4.78, 5) is 0. The maximum absolute atomic E-state index is 2.43. The maximum Gasteiger partial charge on any atom is 0.186 e. The van der Waals surface area contributed by atoms with Gasteiger partial charge in [0.25, 0.3) is 0 Å². The largest absolute Gasteiger partial charge is 0.273 e. The van der Waals surface area contributed by atoms with Gasteiger partial charge in [0.15, 0.2) is 6.15 Å². The summed E-state index contributed by atoms with van der Waals surface area (Å²) < 4.78 is 4.85. The van der Waals surface area contributed by atoms with Gasteiger partial charge in [-0.15, -0.1) is 0 Å². The SMILES string of the molecule is Cn1cc[n+](C)c1[B-]1(c2ccccc2)C2(c3ccccc3)C(c3ccccc3)=C(c3ccccc3)C1(c1ccccc1)C(c1ccccc1)=C2c1ccccc1.c1ccccc1.c1ccccc1. The zero-order chi connectivity index (χ0) is 46.2. The van der Waals surface area contributed by atoms with Crippen molar-refractivity contribution >= 4 is 39.6 Å². The van der Waals surface area contributed by atoms with Crippen molar-refractivity contribution in [2.24, 2.45) is 14.1 Å². The zero-order valence-corrected chi connectivity index (χ0v) is 38.8. The van der Waals surface area contributed by atoms with Crippen molar-refractivity contribution in [3.8, 4) is 0 Å². The number of allylic oxidation sites excluding steroid dienone is 4. The Labute approximate surface area is 402 Å². The Morgan fingerprint density at radius 1 is 0.324 bits per heavy atom. The highest BCUT2D eigenvalue weighted by Gasteiger charge is 2.78. The molecule has 0 aliphatic carbocycles. The lowest BCUT2D eigenvalue weighted by Gasteiger charge is -2.56. The monoisotopic (exact) mass is 874 g/mol. The van der Waals surface area contributed by atoms with Crippen LogP contribution < -0.4 is 15.8 Å². The second-order valence-corrected chi connectivity index (χ2v) is 17.8. The molecule has 3 heteroatoms. The lowest BCUT2D eigenvalue weighted by Crippen LogP contribution is -2.82. The van der Waals surface area contributed by atoms with E-state index in [2.05, 4.69) is 248 Å². The van der Waals surface area contributed by atoms with Gasteiger partial charge in [0.05, 0.1) is 19.8 Å². The third-order valence-corrected chi connectivity index (χ3v) is 14.3. The van der Waals surface area contributed by atoms with Gasteiger partial charge in [0.1, 0.15) is 12.4 Å². The number of rotatable bonds is 8. The van der Waals surface area contributed by atoms with Gasteiger partial charge in [-0.3, -0.25) is 9.13 Å². The third-order valence-electron chi connectivity index (χ3n) is 14.3. The van der Waals surface area contributed by atoms with Crippen LogP contribution in [-0.4, -0.2) is 10.7 Å². The van der Waals surface area contributed by atoms with E-state index in [9.17, 15) is 0 Å². The van der Waals surface area contributed by atoms with E-state index < -0.39 is 16.8 Å². The van der Waals surface area contributed by atoms with Crippen LogP contribution in [0.4, 0.5) is 0 Å². The molecule has 0 unspecified atom stereocenters. The van der Waals surface area contributed by atoms with Crippen LogP contribution in [-0.2, 0) is 24.7 Å². The molecule has 10 aromatic rings. The second kappa shape index (κ2) is 19.3. The topological polar surface area (TPSA) is 8.81 Å². The molecular formula is C65H55BN2. The maximum atomic E-state index is 2.43. The van der Waals surface area contributed by atoms with Crippen LogP contribution in [0, 0.1) is 0 Å². The fraction of sp³-hybridized carbons (Fsp3) is 0.0615. The number of imidazole rings is 1. The van der Waals surface area contributed by atoms with Gasteiger partial charge >= 0.3 is 0 Å². The number of aromatic nitrogens is 2. The molecule has 1 aromatic heterocycles. The molecule has 2 aliphatic heterocycles. The van der Waals surface area contributed by atoms with Crippen LogP contribution in [0.3, 0.4) is 0 Å². The lowest BCUT2D eigenvalue weighted by molar-refractivity contribution is -0.653. The smallest absolute Gasteiger partial charge is 0.186 e. The summed E-state index contributed by atoms with van der Waals surface area (Å²) in [6.45, 7) is 0. The Bertz CT molecular complexity index is 2890. The number of hydrogen-bond donors (Lipinski definition) is 0. The first-order chi connectivity index (χ1) is 33.7. The van der Waals surface area contributed by atoms with Crippen molar-refractivity contribution < 1.29 is 4.57 Å². The normalized spacial score (nSPS) is 19.1. The number of aryl methyl sites for hydroxylation is 2. The number of hydrogen-bond acceptors (Lipinski definition) is 0. The van der Waals surface area contributed by atoms with Crippen LogP contribution >= 0.6 is 0 Å². The van der Waals surface area contributed by atoms with E-state index in [1.807, 2.05) is 72.8 Å². The molecule has 2 bridgehead atoms. The summed E-state index contributed by atoms with van der Waals surface area (Å²) in [7, 11) is 4.51. The van der Waals surface area contributed by atoms with Crippen LogP contribution in [0.1, 0.15) is 33.4 Å². The van der Waals surface area contributed by atoms with Gasteiger partial charge in [-0.05, 0) is 22.3 Å². The van der Waals surface area contributed by atoms with Gasteiger partial charge in [0, 0.05) is 0 Å². The Hall–Kier alpha value is -8.27. The van der Waals surface area contributed by atoms with Crippen molar-refractivity contribution in [3.63, 3.8) is 0 Å². The van der Waals surface area contributed by atoms with Gasteiger partial charge in [-0.25, -0.2) is 0 Å². The van der Waals surface area contributed by atoms with Gasteiger partial charge in [0.2, 0.25) is 0 Å². The molecule has 0 saturated heterocycles. The summed E-state index contributed by atoms with van der Waals surface area (Å²) in [6, 6.07) is 104. The number of fused-ring (bicyclic) bond motifs is 2. The summed E-state index contributed by atoms with van der Waals surface area (Å²) in [5.41, 5.74) is 15.5. The third kappa shape index (κ3) is 7.02. The molecular weight excluding hydrogens is 820 g/mol. The first kappa shape index (κ1) is 43.6. The fourth-order valence-electron chi connectivity index (χ4n) is 12.4. The molecule has 0 radical (unpaired) electrons. The minimum absolute atomic E-state index is 0.735. The Balaban J connectivity index is 0.000000393. The van der Waals surface area contributed by atoms with Crippen molar-refractivity contribution in [2.75, 3.05) is 0 Å². The van der Waals surface area contributed by atoms with Gasteiger partial charge in [-0.1, -0.05) is 329 Å². The minimum Gasteiger partial charge on any atom is -0.273 e. The predicted octanol–water partition coefficient (Wildman–Crippen LogP) is 13.0. The predicted molar refractivity (Wildman–Crippen MR) is 287 cm³/mol. The first-order valence-electron chi connectivity index (χ1n) is 23.7. The number of nitrogens with zero attached hydrogens (tertiary/aromatic N) is 2. The first-order valence-corrected chi connectivity index (χ1v) is 23.7. The van der Waals surface area contributed by atoms with E-state index >= 15 is 0 Å².